The number of carboxylic acid groups (broad SMARTS) is 2. The van der Waals surface area contributed by atoms with Gasteiger partial charge in [0, 0.05) is 24.9 Å². The topological polar surface area (TPSA) is 216 Å². The molecule has 0 aromatic heterocycles. The van der Waals surface area contributed by atoms with Crippen LogP contribution in [-0.4, -0.2) is 128 Å². The molecule has 0 aromatic rings. The van der Waals surface area contributed by atoms with Gasteiger partial charge in [0.1, 0.15) is 19.3 Å². The Hall–Kier alpha value is -2.82. The molecule has 0 heterocycles. The molecule has 1 unspecified atom stereocenters. The molecule has 0 saturated heterocycles. The summed E-state index contributed by atoms with van der Waals surface area (Å²) in [7, 11) is 0. The van der Waals surface area contributed by atoms with Crippen molar-refractivity contribution >= 4 is 35.2 Å². The maximum Gasteiger partial charge on any atom is 0.326 e. The Bertz CT molecular complexity index is 1070. The van der Waals surface area contributed by atoms with Crippen LogP contribution in [0.1, 0.15) is 81.6 Å². The lowest BCUT2D eigenvalue weighted by Gasteiger charge is -2.32. The number of hydrogen-bond donors (Lipinski definition) is 5. The third-order valence-electron chi connectivity index (χ3n) is 7.64. The highest BCUT2D eigenvalue weighted by atomic mass is 16.5. The van der Waals surface area contributed by atoms with Crippen LogP contribution in [0.3, 0.4) is 0 Å². The van der Waals surface area contributed by atoms with E-state index in [0.29, 0.717) is 32.9 Å². The van der Waals surface area contributed by atoms with Gasteiger partial charge in [0.25, 0.3) is 0 Å². The number of carbonyl (C=O) groups is 6. The third-order valence-corrected chi connectivity index (χ3v) is 7.64. The van der Waals surface area contributed by atoms with Crippen molar-refractivity contribution in [3.05, 3.63) is 0 Å². The first kappa shape index (κ1) is 45.2. The zero-order valence-electron chi connectivity index (χ0n) is 30.2. The number of aliphatic carboxylic acids is 2. The normalized spacial score (nSPS) is 13.2. The van der Waals surface area contributed by atoms with Crippen molar-refractivity contribution in [1.82, 2.24) is 16.0 Å². The molecule has 1 amide bonds. The molecule has 1 atom stereocenters. The second-order valence-electron chi connectivity index (χ2n) is 14.1. The molecule has 15 nitrogen and oxygen atoms in total. The van der Waals surface area contributed by atoms with Crippen molar-refractivity contribution < 1.29 is 57.9 Å². The van der Waals surface area contributed by atoms with Crippen molar-refractivity contribution in [3.63, 3.8) is 0 Å². The Kier molecular flexibility index (Phi) is 20.1. The van der Waals surface area contributed by atoms with E-state index in [9.17, 15) is 39.0 Å². The summed E-state index contributed by atoms with van der Waals surface area (Å²) in [5.74, 6) is -3.40. The van der Waals surface area contributed by atoms with Crippen LogP contribution < -0.4 is 16.0 Å². The molecule has 48 heavy (non-hydrogen) atoms. The van der Waals surface area contributed by atoms with E-state index >= 15 is 0 Å². The second-order valence-corrected chi connectivity index (χ2v) is 14.1. The smallest absolute Gasteiger partial charge is 0.326 e. The first-order chi connectivity index (χ1) is 22.0. The molecular weight excluding hydrogens is 630 g/mol. The first-order valence-electron chi connectivity index (χ1n) is 16.2. The fraction of sp³-hybridized carbons (Fsp3) is 0.818. The Labute approximate surface area is 284 Å². The maximum absolute atomic E-state index is 12.9. The number of hydrogen-bond acceptors (Lipinski definition) is 12. The summed E-state index contributed by atoms with van der Waals surface area (Å²) in [4.78, 5) is 72.4. The van der Waals surface area contributed by atoms with Gasteiger partial charge in [-0.1, -0.05) is 13.8 Å². The lowest BCUT2D eigenvalue weighted by atomic mass is 9.74. The van der Waals surface area contributed by atoms with Gasteiger partial charge < -0.3 is 45.1 Å². The largest absolute Gasteiger partial charge is 0.481 e. The number of ether oxygens (including phenoxy) is 4. The van der Waals surface area contributed by atoms with Gasteiger partial charge in [-0.25, -0.2) is 4.79 Å². The summed E-state index contributed by atoms with van der Waals surface area (Å²) >= 11 is 0. The van der Waals surface area contributed by atoms with Crippen LogP contribution >= 0.6 is 0 Å². The highest BCUT2D eigenvalue weighted by molar-refractivity contribution is 5.90. The van der Waals surface area contributed by atoms with Gasteiger partial charge in [0.05, 0.1) is 56.1 Å². The van der Waals surface area contributed by atoms with E-state index in [1.165, 1.54) is 20.8 Å². The molecule has 0 aliphatic carbocycles. The molecule has 0 aliphatic rings. The molecule has 0 bridgehead atoms. The minimum Gasteiger partial charge on any atom is -0.481 e. The van der Waals surface area contributed by atoms with Gasteiger partial charge in [-0.3, -0.25) is 24.0 Å². The number of carboxylic acids is 2. The molecule has 278 valence electrons. The molecule has 0 radical (unpaired) electrons. The number of amides is 1. The van der Waals surface area contributed by atoms with E-state index in [-0.39, 0.29) is 69.6 Å². The Morgan fingerprint density at radius 1 is 0.625 bits per heavy atom. The van der Waals surface area contributed by atoms with Gasteiger partial charge in [-0.2, -0.15) is 0 Å². The quantitative estimate of drug-likeness (QED) is 0.0702. The van der Waals surface area contributed by atoms with Crippen LogP contribution in [0.15, 0.2) is 0 Å². The molecule has 0 aliphatic heterocycles. The molecule has 5 N–H and O–H groups in total. The Morgan fingerprint density at radius 2 is 1.08 bits per heavy atom. The highest BCUT2D eigenvalue weighted by Crippen LogP contribution is 2.34. The summed E-state index contributed by atoms with van der Waals surface area (Å²) in [6.45, 7) is 16.9. The minimum atomic E-state index is -1.31. The average molecular weight is 690 g/mol. The second kappa shape index (κ2) is 21.3. The summed E-state index contributed by atoms with van der Waals surface area (Å²) in [6.07, 6.45) is -0.254. The van der Waals surface area contributed by atoms with Crippen molar-refractivity contribution in [2.24, 2.45) is 10.8 Å². The van der Waals surface area contributed by atoms with Crippen molar-refractivity contribution in [1.29, 1.82) is 0 Å². The summed E-state index contributed by atoms with van der Waals surface area (Å²) in [6, 6.07) is -1.31. The lowest BCUT2D eigenvalue weighted by molar-refractivity contribution is -0.151. The van der Waals surface area contributed by atoms with E-state index in [1.54, 1.807) is 41.5 Å². The Morgan fingerprint density at radius 3 is 1.54 bits per heavy atom. The lowest BCUT2D eigenvalue weighted by Crippen LogP contribution is -2.50. The van der Waals surface area contributed by atoms with Gasteiger partial charge in [0.2, 0.25) is 5.91 Å². The van der Waals surface area contributed by atoms with Crippen LogP contribution in [0.25, 0.3) is 0 Å². The van der Waals surface area contributed by atoms with Gasteiger partial charge >= 0.3 is 11.9 Å². The fourth-order valence-corrected chi connectivity index (χ4v) is 4.53. The molecule has 0 spiro atoms. The summed E-state index contributed by atoms with van der Waals surface area (Å²) < 4.78 is 21.5. The summed E-state index contributed by atoms with van der Waals surface area (Å²) in [5.41, 5.74) is -4.15. The van der Waals surface area contributed by atoms with E-state index in [1.807, 2.05) is 0 Å². The average Bonchev–Trinajstić information content (AvgIpc) is 2.96. The maximum atomic E-state index is 12.9. The van der Waals surface area contributed by atoms with Crippen molar-refractivity contribution in [3.8, 4) is 0 Å². The molecule has 15 heteroatoms. The van der Waals surface area contributed by atoms with Gasteiger partial charge in [-0.15, -0.1) is 0 Å². The van der Waals surface area contributed by atoms with E-state index in [2.05, 4.69) is 16.0 Å². The van der Waals surface area contributed by atoms with Crippen LogP contribution in [0.2, 0.25) is 0 Å². The highest BCUT2D eigenvalue weighted by Gasteiger charge is 2.40. The molecule has 0 aromatic carbocycles. The number of ketones is 3. The van der Waals surface area contributed by atoms with Crippen LogP contribution in [0, 0.1) is 10.8 Å². The van der Waals surface area contributed by atoms with Crippen LogP contribution in [0.5, 0.6) is 0 Å². The molecule has 0 rings (SSSR count). The standard InChI is InChI=1S/C33H59N3O12/c1-23(37)20-47-18-16-45-15-13-35-33(8,9)26(39)21-48-19-17-46-14-12-34-32(6,7)25(38)11-10-24(27(40)41)36-28(42)30(2,3)22-31(4,5)29(43)44/h24,34-35H,10-22H2,1-9H3,(H,36,42)(H,40,41)(H,43,44). The van der Waals surface area contributed by atoms with E-state index in [0.717, 1.165) is 0 Å². The first-order valence-corrected chi connectivity index (χ1v) is 16.2. The van der Waals surface area contributed by atoms with Crippen molar-refractivity contribution in [2.75, 3.05) is 65.9 Å². The third kappa shape index (κ3) is 18.7. The zero-order chi connectivity index (χ0) is 37.2. The minimum absolute atomic E-state index is 0.00876. The van der Waals surface area contributed by atoms with Crippen molar-refractivity contribution in [2.45, 2.75) is 98.7 Å². The number of carbonyl (C=O) groups excluding carboxylic acids is 4. The predicted molar refractivity (Wildman–Crippen MR) is 177 cm³/mol. The number of rotatable bonds is 29. The van der Waals surface area contributed by atoms with E-state index in [4.69, 9.17) is 18.9 Å². The monoisotopic (exact) mass is 689 g/mol. The fourth-order valence-electron chi connectivity index (χ4n) is 4.53. The molecular formula is C33H59N3O12. The molecule has 0 saturated carbocycles. The SMILES string of the molecule is CC(=O)COCCOCCNC(C)(C)C(=O)COCCOCCNC(C)(C)C(=O)CCC(NC(=O)C(C)(C)CC(C)(C)C(=O)O)C(=O)O. The van der Waals surface area contributed by atoms with Gasteiger partial charge in [0.15, 0.2) is 17.3 Å². The Balaban J connectivity index is 4.37. The van der Waals surface area contributed by atoms with Gasteiger partial charge in [-0.05, 0) is 61.3 Å². The molecule has 0 fully saturated rings. The van der Waals surface area contributed by atoms with Crippen LogP contribution in [-0.2, 0) is 47.7 Å². The summed E-state index contributed by atoms with van der Waals surface area (Å²) in [5, 5.41) is 27.7. The number of nitrogens with one attached hydrogen (secondary N) is 3. The predicted octanol–water partition coefficient (Wildman–Crippen LogP) is 1.39. The number of Topliss-reactive ketones (excluding diaryl/α,β-unsaturated/α-hetero) is 3. The zero-order valence-corrected chi connectivity index (χ0v) is 30.2. The van der Waals surface area contributed by atoms with Crippen LogP contribution in [0.4, 0.5) is 0 Å². The van der Waals surface area contributed by atoms with E-state index < -0.39 is 45.8 Å².